The molecule has 5 rings (SSSR count). The second kappa shape index (κ2) is 7.51. The molecule has 0 saturated carbocycles. The van der Waals surface area contributed by atoms with Crippen molar-refractivity contribution in [3.63, 3.8) is 0 Å². The number of halogens is 2. The number of benzene rings is 1. The molecule has 4 aromatic rings. The van der Waals surface area contributed by atoms with Crippen LogP contribution in [-0.4, -0.2) is 46.2 Å². The molecule has 0 atom stereocenters. The first-order chi connectivity index (χ1) is 14.8. The molecule has 1 aliphatic heterocycles. The van der Waals surface area contributed by atoms with E-state index >= 15 is 0 Å². The van der Waals surface area contributed by atoms with Crippen LogP contribution in [0, 0.1) is 0 Å². The fourth-order valence-electron chi connectivity index (χ4n) is 4.02. The number of primary sulfonamides is 1. The molecule has 0 amide bonds. The monoisotopic (exact) mass is 465 g/mol. The highest BCUT2D eigenvalue weighted by Gasteiger charge is 2.26. The topological polar surface area (TPSA) is 129 Å². The van der Waals surface area contributed by atoms with E-state index in [9.17, 15) is 17.2 Å². The molecule has 1 aliphatic rings. The second-order valence-electron chi connectivity index (χ2n) is 7.26. The summed E-state index contributed by atoms with van der Waals surface area (Å²) < 4.78 is 51.8. The summed E-state index contributed by atoms with van der Waals surface area (Å²) in [4.78, 5) is 8.85. The van der Waals surface area contributed by atoms with Gasteiger partial charge in [-0.15, -0.1) is 10.2 Å². The third-order valence-electron chi connectivity index (χ3n) is 5.41. The predicted molar refractivity (Wildman–Crippen MR) is 111 cm³/mol. The smallest absolute Gasteiger partial charge is 0.291 e. The van der Waals surface area contributed by atoms with Crippen LogP contribution >= 0.6 is 11.3 Å². The molecule has 162 valence electrons. The van der Waals surface area contributed by atoms with Crippen molar-refractivity contribution < 1.29 is 17.2 Å². The number of alkyl halides is 2. The quantitative estimate of drug-likeness (QED) is 0.474. The van der Waals surface area contributed by atoms with Crippen LogP contribution in [0.4, 0.5) is 8.78 Å². The maximum Gasteiger partial charge on any atom is 0.291 e. The van der Waals surface area contributed by atoms with Crippen molar-refractivity contribution in [1.82, 2.24) is 30.0 Å². The minimum atomic E-state index is -3.98. The molecule has 1 fully saturated rings. The van der Waals surface area contributed by atoms with Gasteiger partial charge in [0.05, 0.1) is 16.1 Å². The number of nitrogens with two attached hydrogens (primary N) is 1. The van der Waals surface area contributed by atoms with E-state index in [0.29, 0.717) is 16.6 Å². The van der Waals surface area contributed by atoms with Crippen LogP contribution in [0.15, 0.2) is 29.4 Å². The fraction of sp³-hybridized carbons (Fsp3) is 0.333. The lowest BCUT2D eigenvalue weighted by molar-refractivity contribution is 0.150. The Morgan fingerprint density at radius 2 is 1.97 bits per heavy atom. The number of nitrogens with one attached hydrogen (secondary N) is 1. The molecule has 0 bridgehead atoms. The number of piperidine rings is 1. The van der Waals surface area contributed by atoms with E-state index in [1.54, 1.807) is 10.6 Å². The zero-order chi connectivity index (χ0) is 21.8. The van der Waals surface area contributed by atoms with Crippen LogP contribution in [-0.2, 0) is 10.0 Å². The summed E-state index contributed by atoms with van der Waals surface area (Å²) in [5, 5.41) is 17.3. The Hall–Kier alpha value is -2.61. The molecule has 4 heterocycles. The lowest BCUT2D eigenvalue weighted by atomic mass is 9.92. The first kappa shape index (κ1) is 20.3. The Morgan fingerprint density at radius 3 is 2.65 bits per heavy atom. The predicted octanol–water partition coefficient (Wildman–Crippen LogP) is 2.48. The highest BCUT2D eigenvalue weighted by molar-refractivity contribution is 7.89. The fourth-order valence-corrected chi connectivity index (χ4v) is 5.27. The number of aromatic nitrogens is 5. The minimum absolute atomic E-state index is 0.0981. The molecular weight excluding hydrogens is 448 g/mol. The summed E-state index contributed by atoms with van der Waals surface area (Å²) in [7, 11) is -3.98. The molecule has 9 nitrogen and oxygen atoms in total. The number of rotatable bonds is 4. The number of nitrogens with zero attached hydrogens (tertiary/aromatic N) is 5. The summed E-state index contributed by atoms with van der Waals surface area (Å²) in [5.41, 5.74) is 1.74. The molecule has 0 aliphatic carbocycles. The molecule has 13 heteroatoms. The van der Waals surface area contributed by atoms with E-state index in [1.807, 2.05) is 0 Å². The average Bonchev–Trinajstić information content (AvgIpc) is 3.36. The van der Waals surface area contributed by atoms with E-state index in [0.717, 1.165) is 48.3 Å². The van der Waals surface area contributed by atoms with Crippen LogP contribution in [0.5, 0.6) is 0 Å². The van der Waals surface area contributed by atoms with Crippen LogP contribution in [0.3, 0.4) is 0 Å². The maximum absolute atomic E-state index is 13.1. The lowest BCUT2D eigenvalue weighted by Gasteiger charge is -2.22. The molecular formula is C18H17F2N7O2S2. The molecule has 0 spiro atoms. The molecule has 3 aromatic heterocycles. The molecule has 0 radical (unpaired) electrons. The normalized spacial score (nSPS) is 16.0. The van der Waals surface area contributed by atoms with Gasteiger partial charge in [-0.05, 0) is 38.1 Å². The summed E-state index contributed by atoms with van der Waals surface area (Å²) in [5.74, 6) is 0.190. The summed E-state index contributed by atoms with van der Waals surface area (Å²) in [6.45, 7) is 1.72. The van der Waals surface area contributed by atoms with Crippen molar-refractivity contribution in [3.8, 4) is 5.13 Å². The molecule has 31 heavy (non-hydrogen) atoms. The van der Waals surface area contributed by atoms with Crippen molar-refractivity contribution in [3.05, 3.63) is 35.2 Å². The number of fused-ring (bicyclic) bond motifs is 3. The molecule has 3 N–H and O–H groups in total. The largest absolute Gasteiger partial charge is 0.317 e. The average molecular weight is 466 g/mol. The van der Waals surface area contributed by atoms with Gasteiger partial charge < -0.3 is 5.32 Å². The van der Waals surface area contributed by atoms with E-state index in [1.165, 1.54) is 18.5 Å². The van der Waals surface area contributed by atoms with Gasteiger partial charge in [-0.2, -0.15) is 0 Å². The zero-order valence-electron chi connectivity index (χ0n) is 16.0. The summed E-state index contributed by atoms with van der Waals surface area (Å²) in [6, 6.07) is 4.48. The van der Waals surface area contributed by atoms with Gasteiger partial charge in [0.1, 0.15) is 6.33 Å². The van der Waals surface area contributed by atoms with Crippen molar-refractivity contribution in [2.45, 2.75) is 30.1 Å². The van der Waals surface area contributed by atoms with E-state index in [4.69, 9.17) is 5.14 Å². The second-order valence-corrected chi connectivity index (χ2v) is 9.81. The molecule has 1 aromatic carbocycles. The number of hydrogen-bond donors (Lipinski definition) is 2. The van der Waals surface area contributed by atoms with Crippen molar-refractivity contribution >= 4 is 43.3 Å². The standard InChI is InChI=1S/C18H17F2N7O2S2/c19-15(20)17-25-26-18(30-17)27-12-7-10(31(21,28)29)1-2-11(12)13-14(23-8-24-16(13)27)9-3-5-22-6-4-9/h1-2,7-9,15,22H,3-6H2,(H2,21,28,29). The Balaban J connectivity index is 1.85. The van der Waals surface area contributed by atoms with Gasteiger partial charge in [0.15, 0.2) is 10.7 Å². The Morgan fingerprint density at radius 1 is 1.19 bits per heavy atom. The van der Waals surface area contributed by atoms with E-state index in [-0.39, 0.29) is 15.9 Å². The first-order valence-electron chi connectivity index (χ1n) is 9.49. The third kappa shape index (κ3) is 3.46. The van der Waals surface area contributed by atoms with Gasteiger partial charge in [0.2, 0.25) is 15.2 Å². The Kier molecular flexibility index (Phi) is 4.92. The number of sulfonamides is 1. The van der Waals surface area contributed by atoms with E-state index in [2.05, 4.69) is 25.5 Å². The van der Waals surface area contributed by atoms with Gasteiger partial charge in [0, 0.05) is 16.7 Å². The van der Waals surface area contributed by atoms with Crippen LogP contribution in [0.1, 0.15) is 35.9 Å². The third-order valence-corrected chi connectivity index (χ3v) is 7.24. The zero-order valence-corrected chi connectivity index (χ0v) is 17.6. The Bertz CT molecular complexity index is 1390. The first-order valence-corrected chi connectivity index (χ1v) is 11.9. The van der Waals surface area contributed by atoms with Crippen LogP contribution < -0.4 is 10.5 Å². The molecule has 0 unspecified atom stereocenters. The van der Waals surface area contributed by atoms with Crippen LogP contribution in [0.2, 0.25) is 0 Å². The van der Waals surface area contributed by atoms with Crippen molar-refractivity contribution in [2.75, 3.05) is 13.1 Å². The van der Waals surface area contributed by atoms with Gasteiger partial charge in [-0.25, -0.2) is 32.3 Å². The summed E-state index contributed by atoms with van der Waals surface area (Å²) >= 11 is 0.723. The SMILES string of the molecule is NS(=O)(=O)c1ccc2c3c(C4CCNCC4)ncnc3n(-c3nnc(C(F)F)s3)c2c1. The number of hydrogen-bond acceptors (Lipinski definition) is 8. The van der Waals surface area contributed by atoms with Crippen molar-refractivity contribution in [1.29, 1.82) is 0 Å². The lowest BCUT2D eigenvalue weighted by Crippen LogP contribution is -2.27. The molecule has 1 saturated heterocycles. The summed E-state index contributed by atoms with van der Waals surface area (Å²) in [6.07, 6.45) is 0.453. The van der Waals surface area contributed by atoms with Gasteiger partial charge in [-0.3, -0.25) is 4.57 Å². The Labute approximate surface area is 179 Å². The van der Waals surface area contributed by atoms with Gasteiger partial charge in [0.25, 0.3) is 6.43 Å². The minimum Gasteiger partial charge on any atom is -0.317 e. The van der Waals surface area contributed by atoms with Crippen LogP contribution in [0.25, 0.3) is 27.1 Å². The van der Waals surface area contributed by atoms with E-state index < -0.39 is 21.5 Å². The van der Waals surface area contributed by atoms with Gasteiger partial charge in [-0.1, -0.05) is 17.4 Å². The highest BCUT2D eigenvalue weighted by atomic mass is 32.2. The highest BCUT2D eigenvalue weighted by Crippen LogP contribution is 2.38. The van der Waals surface area contributed by atoms with Crippen molar-refractivity contribution in [2.24, 2.45) is 5.14 Å². The van der Waals surface area contributed by atoms with Gasteiger partial charge >= 0.3 is 0 Å². The maximum atomic E-state index is 13.1.